The highest BCUT2D eigenvalue weighted by Crippen LogP contribution is 2.35. The van der Waals surface area contributed by atoms with E-state index < -0.39 is 31.0 Å². The smallest absolute Gasteiger partial charge is 0.333 e. The zero-order valence-corrected chi connectivity index (χ0v) is 28.0. The van der Waals surface area contributed by atoms with Crippen LogP contribution in [0.15, 0.2) is 94.3 Å². The number of allylic oxidation sites excluding steroid dienone is 5. The highest BCUT2D eigenvalue weighted by atomic mass is 32.2. The number of anilines is 1. The molecular weight excluding hydrogens is 615 g/mol. The van der Waals surface area contributed by atoms with Gasteiger partial charge < -0.3 is 9.64 Å². The van der Waals surface area contributed by atoms with Gasteiger partial charge in [0, 0.05) is 48.6 Å². The lowest BCUT2D eigenvalue weighted by Crippen LogP contribution is -2.28. The Morgan fingerprint density at radius 3 is 2.04 bits per heavy atom. The Bertz CT molecular complexity index is 1740. The molecule has 0 spiro atoms. The van der Waals surface area contributed by atoms with Crippen molar-refractivity contribution in [2.24, 2.45) is 0 Å². The van der Waals surface area contributed by atoms with Crippen LogP contribution in [0.25, 0.3) is 5.57 Å². The number of ether oxygens (including phenoxy) is 1. The van der Waals surface area contributed by atoms with Gasteiger partial charge in [-0.15, -0.1) is 0 Å². The Morgan fingerprint density at radius 1 is 0.933 bits per heavy atom. The minimum absolute atomic E-state index is 0.137. The third-order valence-electron chi connectivity index (χ3n) is 7.36. The third-order valence-corrected chi connectivity index (χ3v) is 9.71. The van der Waals surface area contributed by atoms with Crippen molar-refractivity contribution >= 4 is 43.1 Å². The summed E-state index contributed by atoms with van der Waals surface area (Å²) in [6.07, 6.45) is 7.66. The van der Waals surface area contributed by atoms with Crippen molar-refractivity contribution in [3.05, 3.63) is 95.6 Å². The molecule has 0 unspecified atom stereocenters. The van der Waals surface area contributed by atoms with Gasteiger partial charge in [0.2, 0.25) is 10.0 Å². The molecule has 0 heterocycles. The van der Waals surface area contributed by atoms with E-state index in [4.69, 9.17) is 4.74 Å². The van der Waals surface area contributed by atoms with E-state index in [0.717, 1.165) is 43.6 Å². The van der Waals surface area contributed by atoms with Gasteiger partial charge in [-0.1, -0.05) is 24.8 Å². The first-order valence-corrected chi connectivity index (χ1v) is 17.7. The summed E-state index contributed by atoms with van der Waals surface area (Å²) in [5.41, 5.74) is 4.16. The minimum atomic E-state index is -4.89. The number of carbonyl (C=O) groups excluding carboxylic acids is 1. The monoisotopic (exact) mass is 656 g/mol. The standard InChI is InChI=1S/C33H41N3O7S2/c1-7-35(8-2)27-15-11-25(12-16-27)32(26-13-17-28(18-14-26)36(9-3)10-4)30-20-19-29(23-31(30)45(40,41)42)44(38,39)34-21-22-43-33(37)24(5)6/h11-20,23,34H,5,7-10,21-22H2,1-4,6H3/p+1. The van der Waals surface area contributed by atoms with Crippen molar-refractivity contribution < 1.29 is 35.5 Å². The Balaban J connectivity index is 2.17. The molecule has 10 nitrogen and oxygen atoms in total. The molecule has 2 aromatic rings. The van der Waals surface area contributed by atoms with Gasteiger partial charge in [-0.05, 0) is 87.7 Å². The lowest BCUT2D eigenvalue weighted by molar-refractivity contribution is -0.519. The summed E-state index contributed by atoms with van der Waals surface area (Å²) < 4.78 is 71.5. The fourth-order valence-electron chi connectivity index (χ4n) is 4.95. The number of sulfonamides is 1. The van der Waals surface area contributed by atoms with Crippen molar-refractivity contribution in [2.75, 3.05) is 44.2 Å². The van der Waals surface area contributed by atoms with Crippen LogP contribution in [0.5, 0.6) is 0 Å². The van der Waals surface area contributed by atoms with E-state index in [1.165, 1.54) is 19.1 Å². The van der Waals surface area contributed by atoms with E-state index in [-0.39, 0.29) is 29.2 Å². The van der Waals surface area contributed by atoms with Gasteiger partial charge in [0.05, 0.1) is 4.90 Å². The lowest BCUT2D eigenvalue weighted by Gasteiger charge is -2.22. The molecule has 0 radical (unpaired) electrons. The Hall–Kier alpha value is -3.84. The number of rotatable bonds is 14. The fraction of sp³-hybridized carbons (Fsp3) is 0.333. The molecule has 242 valence electrons. The molecule has 2 N–H and O–H groups in total. The van der Waals surface area contributed by atoms with E-state index in [9.17, 15) is 26.2 Å². The molecule has 2 aromatic carbocycles. The van der Waals surface area contributed by atoms with E-state index in [1.54, 1.807) is 0 Å². The summed E-state index contributed by atoms with van der Waals surface area (Å²) >= 11 is 0. The first-order chi connectivity index (χ1) is 21.3. The number of hydrogen-bond donors (Lipinski definition) is 2. The van der Waals surface area contributed by atoms with Gasteiger partial charge in [0.15, 0.2) is 5.71 Å². The summed E-state index contributed by atoms with van der Waals surface area (Å²) in [5, 5.41) is 0. The molecule has 3 rings (SSSR count). The molecule has 1 aliphatic rings. The predicted molar refractivity (Wildman–Crippen MR) is 178 cm³/mol. The predicted octanol–water partition coefficient (Wildman–Crippen LogP) is 4.60. The number of carbonyl (C=O) groups is 1. The van der Waals surface area contributed by atoms with Crippen LogP contribution >= 0.6 is 0 Å². The fourth-order valence-corrected chi connectivity index (χ4v) is 6.79. The quantitative estimate of drug-likeness (QED) is 0.0992. The van der Waals surface area contributed by atoms with E-state index in [0.29, 0.717) is 16.7 Å². The van der Waals surface area contributed by atoms with Crippen molar-refractivity contribution in [3.63, 3.8) is 0 Å². The molecule has 0 aromatic heterocycles. The van der Waals surface area contributed by atoms with Gasteiger partial charge in [-0.25, -0.2) is 22.5 Å². The first-order valence-electron chi connectivity index (χ1n) is 14.8. The van der Waals surface area contributed by atoms with Crippen molar-refractivity contribution in [3.8, 4) is 0 Å². The van der Waals surface area contributed by atoms with Gasteiger partial charge in [0.25, 0.3) is 10.1 Å². The van der Waals surface area contributed by atoms with Gasteiger partial charge in [0.1, 0.15) is 24.6 Å². The molecule has 0 aliphatic heterocycles. The van der Waals surface area contributed by atoms with E-state index >= 15 is 0 Å². The molecule has 0 saturated carbocycles. The number of esters is 1. The largest absolute Gasteiger partial charge is 0.461 e. The lowest BCUT2D eigenvalue weighted by atomic mass is 9.90. The van der Waals surface area contributed by atoms with Crippen molar-refractivity contribution in [1.29, 1.82) is 0 Å². The number of nitrogens with zero attached hydrogens (tertiary/aromatic N) is 2. The van der Waals surface area contributed by atoms with Crippen LogP contribution in [0.2, 0.25) is 0 Å². The molecule has 1 aliphatic carbocycles. The molecule has 0 atom stereocenters. The van der Waals surface area contributed by atoms with E-state index in [2.05, 4.69) is 48.5 Å². The van der Waals surface area contributed by atoms with Crippen molar-refractivity contribution in [1.82, 2.24) is 4.72 Å². The second-order valence-electron chi connectivity index (χ2n) is 10.3. The number of hydrogen-bond acceptors (Lipinski definition) is 7. The van der Waals surface area contributed by atoms with Crippen LogP contribution in [-0.2, 0) is 29.7 Å². The second kappa shape index (κ2) is 15.4. The Labute approximate surface area is 266 Å². The average molecular weight is 657 g/mol. The van der Waals surface area contributed by atoms with E-state index in [1.807, 2.05) is 48.6 Å². The van der Waals surface area contributed by atoms with Crippen LogP contribution < -0.4 is 9.62 Å². The summed E-state index contributed by atoms with van der Waals surface area (Å²) in [6, 6.07) is 11.3. The average Bonchev–Trinajstić information content (AvgIpc) is 3.01. The van der Waals surface area contributed by atoms with Crippen LogP contribution in [0.1, 0.15) is 45.7 Å². The molecule has 0 bridgehead atoms. The number of nitrogens with one attached hydrogen (secondary N) is 1. The maximum absolute atomic E-state index is 13.1. The minimum Gasteiger partial charge on any atom is -0.461 e. The van der Waals surface area contributed by atoms with Crippen LogP contribution in [-0.4, -0.2) is 77.0 Å². The Morgan fingerprint density at radius 2 is 1.53 bits per heavy atom. The second-order valence-corrected chi connectivity index (χ2v) is 13.4. The SMILES string of the molecule is C=C(C)C(=O)OCCNS(=O)(=O)c1ccc(C(=C2C=CC(=[N+](CC)CC)C=C2)c2ccc(N(CC)CC)cc2)c(S(=O)(=O)O)c1. The number of benzene rings is 2. The highest BCUT2D eigenvalue weighted by Gasteiger charge is 2.26. The normalized spacial score (nSPS) is 13.1. The summed E-state index contributed by atoms with van der Waals surface area (Å²) in [7, 11) is -9.13. The first kappa shape index (κ1) is 35.6. The topological polar surface area (TPSA) is 133 Å². The molecule has 0 fully saturated rings. The molecule has 45 heavy (non-hydrogen) atoms. The van der Waals surface area contributed by atoms with Crippen LogP contribution in [0, 0.1) is 0 Å². The summed E-state index contributed by atoms with van der Waals surface area (Å²) in [5.74, 6) is -0.662. The zero-order valence-electron chi connectivity index (χ0n) is 26.4. The summed E-state index contributed by atoms with van der Waals surface area (Å²) in [4.78, 5) is 12.8. The van der Waals surface area contributed by atoms with Gasteiger partial charge in [-0.3, -0.25) is 4.55 Å². The van der Waals surface area contributed by atoms with Gasteiger partial charge in [-0.2, -0.15) is 8.42 Å². The van der Waals surface area contributed by atoms with Gasteiger partial charge >= 0.3 is 5.97 Å². The highest BCUT2D eigenvalue weighted by molar-refractivity contribution is 7.89. The molecule has 0 amide bonds. The van der Waals surface area contributed by atoms with Crippen LogP contribution in [0.4, 0.5) is 5.69 Å². The summed E-state index contributed by atoms with van der Waals surface area (Å²) in [6.45, 7) is 15.9. The molecule has 12 heteroatoms. The maximum atomic E-state index is 13.1. The molecule has 0 saturated heterocycles. The third kappa shape index (κ3) is 8.88. The van der Waals surface area contributed by atoms with Crippen LogP contribution in [0.3, 0.4) is 0 Å². The maximum Gasteiger partial charge on any atom is 0.333 e. The Kier molecular flexibility index (Phi) is 12.2. The molecular formula is C33H42N3O7S2+. The van der Waals surface area contributed by atoms with Crippen molar-refractivity contribution in [2.45, 2.75) is 44.4 Å². The zero-order chi connectivity index (χ0) is 33.4.